The van der Waals surface area contributed by atoms with Crippen LogP contribution in [0.15, 0.2) is 53.6 Å². The van der Waals surface area contributed by atoms with Gasteiger partial charge < -0.3 is 14.9 Å². The maximum atomic E-state index is 11.4. The van der Waals surface area contributed by atoms with Crippen LogP contribution in [0.25, 0.3) is 0 Å². The summed E-state index contributed by atoms with van der Waals surface area (Å²) in [6.07, 6.45) is 0.494. The molecule has 0 aromatic heterocycles. The Balaban J connectivity index is 1.83. The fraction of sp³-hybridized carbons (Fsp3) is 0.0667. The van der Waals surface area contributed by atoms with Gasteiger partial charge in [-0.25, -0.2) is 10.2 Å². The lowest BCUT2D eigenvalue weighted by Crippen LogP contribution is -2.18. The van der Waals surface area contributed by atoms with Gasteiger partial charge in [0.05, 0.1) is 6.21 Å². The van der Waals surface area contributed by atoms with Crippen molar-refractivity contribution in [2.24, 2.45) is 5.10 Å². The van der Waals surface area contributed by atoms with Crippen LogP contribution in [-0.2, 0) is 11.3 Å². The molecule has 0 aliphatic heterocycles. The van der Waals surface area contributed by atoms with Gasteiger partial charge in [-0.3, -0.25) is 0 Å². The van der Waals surface area contributed by atoms with E-state index in [1.54, 1.807) is 0 Å². The van der Waals surface area contributed by atoms with E-state index < -0.39 is 6.09 Å². The fourth-order valence-corrected chi connectivity index (χ4v) is 1.56. The van der Waals surface area contributed by atoms with Crippen LogP contribution < -0.4 is 5.43 Å². The smallest absolute Gasteiger partial charge is 0.428 e. The average Bonchev–Trinajstić information content (AvgIpc) is 2.50. The Kier molecular flexibility index (Phi) is 4.76. The minimum atomic E-state index is -0.713. The number of phenolic OH excluding ortho intramolecular Hbond substituents is 2. The zero-order valence-electron chi connectivity index (χ0n) is 11.1. The number of phenols is 2. The number of amides is 1. The summed E-state index contributed by atoms with van der Waals surface area (Å²) in [7, 11) is 0. The molecule has 6 heteroatoms. The molecule has 21 heavy (non-hydrogen) atoms. The number of nitrogens with zero attached hydrogens (tertiary/aromatic N) is 1. The summed E-state index contributed by atoms with van der Waals surface area (Å²) < 4.78 is 4.94. The molecule has 2 aromatic rings. The van der Waals surface area contributed by atoms with Gasteiger partial charge in [-0.1, -0.05) is 30.3 Å². The lowest BCUT2D eigenvalue weighted by atomic mass is 10.2. The molecule has 6 nitrogen and oxygen atoms in total. The summed E-state index contributed by atoms with van der Waals surface area (Å²) in [5.74, 6) is -0.0723. The van der Waals surface area contributed by atoms with Crippen LogP contribution in [0, 0.1) is 0 Å². The van der Waals surface area contributed by atoms with Crippen molar-refractivity contribution in [2.45, 2.75) is 6.61 Å². The van der Waals surface area contributed by atoms with Crippen molar-refractivity contribution >= 4 is 12.3 Å². The van der Waals surface area contributed by atoms with E-state index in [0.29, 0.717) is 0 Å². The first-order valence-corrected chi connectivity index (χ1v) is 6.17. The predicted molar refractivity (Wildman–Crippen MR) is 77.1 cm³/mol. The Morgan fingerprint density at radius 3 is 2.71 bits per heavy atom. The van der Waals surface area contributed by atoms with E-state index in [1.165, 1.54) is 24.4 Å². The second-order valence-corrected chi connectivity index (χ2v) is 4.17. The molecule has 108 valence electrons. The Bertz CT molecular complexity index is 641. The van der Waals surface area contributed by atoms with Crippen molar-refractivity contribution < 1.29 is 19.7 Å². The van der Waals surface area contributed by atoms with E-state index in [4.69, 9.17) is 4.74 Å². The van der Waals surface area contributed by atoms with Crippen LogP contribution in [0.5, 0.6) is 11.5 Å². The third kappa shape index (κ3) is 4.54. The Labute approximate surface area is 121 Å². The third-order valence-corrected chi connectivity index (χ3v) is 2.58. The number of ether oxygens (including phenoxy) is 1. The summed E-state index contributed by atoms with van der Waals surface area (Å²) in [6.45, 7) is 0.138. The molecule has 0 heterocycles. The van der Waals surface area contributed by atoms with Gasteiger partial charge in [0.2, 0.25) is 0 Å². The average molecular weight is 286 g/mol. The summed E-state index contributed by atoms with van der Waals surface area (Å²) >= 11 is 0. The second-order valence-electron chi connectivity index (χ2n) is 4.17. The van der Waals surface area contributed by atoms with Gasteiger partial charge in [-0.2, -0.15) is 5.10 Å². The van der Waals surface area contributed by atoms with Crippen molar-refractivity contribution in [3.05, 3.63) is 59.7 Å². The van der Waals surface area contributed by atoms with Gasteiger partial charge in [0.25, 0.3) is 0 Å². The molecule has 0 unspecified atom stereocenters. The minimum absolute atomic E-state index is 0.0131. The number of carbonyl (C=O) groups excluding carboxylic acids is 1. The van der Waals surface area contributed by atoms with E-state index in [9.17, 15) is 15.0 Å². The van der Waals surface area contributed by atoms with Crippen LogP contribution in [0.1, 0.15) is 11.1 Å². The Morgan fingerprint density at radius 1 is 1.19 bits per heavy atom. The number of benzene rings is 2. The lowest BCUT2D eigenvalue weighted by Gasteiger charge is -2.03. The van der Waals surface area contributed by atoms with Gasteiger partial charge in [0.15, 0.2) is 0 Å². The topological polar surface area (TPSA) is 91.2 Å². The van der Waals surface area contributed by atoms with Gasteiger partial charge in [0, 0.05) is 5.56 Å². The van der Waals surface area contributed by atoms with Crippen LogP contribution in [0.3, 0.4) is 0 Å². The quantitative estimate of drug-likeness (QED) is 0.457. The molecule has 0 saturated heterocycles. The van der Waals surface area contributed by atoms with Crippen LogP contribution >= 0.6 is 0 Å². The summed E-state index contributed by atoms with van der Waals surface area (Å²) in [6, 6.07) is 13.2. The molecule has 2 aromatic carbocycles. The predicted octanol–water partition coefficient (Wildman–Crippen LogP) is 2.36. The molecule has 0 radical (unpaired) electrons. The zero-order valence-corrected chi connectivity index (χ0v) is 11.1. The molecule has 0 saturated carbocycles. The van der Waals surface area contributed by atoms with Crippen molar-refractivity contribution in [2.75, 3.05) is 0 Å². The highest BCUT2D eigenvalue weighted by atomic mass is 16.5. The highest BCUT2D eigenvalue weighted by Gasteiger charge is 2.02. The first-order valence-electron chi connectivity index (χ1n) is 6.17. The Hall–Kier alpha value is -3.02. The van der Waals surface area contributed by atoms with Crippen LogP contribution in [0.4, 0.5) is 4.79 Å². The number of rotatable bonds is 4. The van der Waals surface area contributed by atoms with E-state index >= 15 is 0 Å². The molecule has 0 aliphatic rings. The number of nitrogens with one attached hydrogen (secondary N) is 1. The molecule has 0 aliphatic carbocycles. The fourth-order valence-electron chi connectivity index (χ4n) is 1.56. The SMILES string of the molecule is O=C(NN=Cc1cc(O)ccc1O)OCc1ccccc1. The lowest BCUT2D eigenvalue weighted by molar-refractivity contribution is 0.140. The molecular formula is C15H14N2O4. The molecule has 3 N–H and O–H groups in total. The third-order valence-electron chi connectivity index (χ3n) is 2.58. The first kappa shape index (κ1) is 14.4. The number of hydrogen-bond donors (Lipinski definition) is 3. The molecule has 0 fully saturated rings. The molecular weight excluding hydrogens is 272 g/mol. The van der Waals surface area contributed by atoms with Crippen molar-refractivity contribution in [3.63, 3.8) is 0 Å². The number of carbonyl (C=O) groups is 1. The van der Waals surface area contributed by atoms with Crippen LogP contribution in [0.2, 0.25) is 0 Å². The Morgan fingerprint density at radius 2 is 1.95 bits per heavy atom. The van der Waals surface area contributed by atoms with Gasteiger partial charge in [0.1, 0.15) is 18.1 Å². The summed E-state index contributed by atoms with van der Waals surface area (Å²) in [5, 5.41) is 22.4. The van der Waals surface area contributed by atoms with Gasteiger partial charge in [-0.05, 0) is 23.8 Å². The number of hydrazone groups is 1. The van der Waals surface area contributed by atoms with Gasteiger partial charge in [-0.15, -0.1) is 0 Å². The monoisotopic (exact) mass is 286 g/mol. The van der Waals surface area contributed by atoms with E-state index in [2.05, 4.69) is 10.5 Å². The normalized spacial score (nSPS) is 10.5. The second kappa shape index (κ2) is 6.95. The highest BCUT2D eigenvalue weighted by molar-refractivity contribution is 5.84. The maximum Gasteiger partial charge on any atom is 0.428 e. The van der Waals surface area contributed by atoms with Gasteiger partial charge >= 0.3 is 6.09 Å². The zero-order chi connectivity index (χ0) is 15.1. The largest absolute Gasteiger partial charge is 0.508 e. The van der Waals surface area contributed by atoms with Crippen molar-refractivity contribution in [1.82, 2.24) is 5.43 Å². The van der Waals surface area contributed by atoms with Crippen molar-refractivity contribution in [3.8, 4) is 11.5 Å². The molecule has 0 bridgehead atoms. The standard InChI is InChI=1S/C15H14N2O4/c18-13-6-7-14(19)12(8-13)9-16-17-15(20)21-10-11-4-2-1-3-5-11/h1-9,18-19H,10H2,(H,17,20). The molecule has 1 amide bonds. The number of hydrogen-bond acceptors (Lipinski definition) is 5. The summed E-state index contributed by atoms with van der Waals surface area (Å²) in [4.78, 5) is 11.4. The number of aromatic hydroxyl groups is 2. The first-order chi connectivity index (χ1) is 10.1. The van der Waals surface area contributed by atoms with Crippen LogP contribution in [-0.4, -0.2) is 22.5 Å². The van der Waals surface area contributed by atoms with E-state index in [0.717, 1.165) is 5.56 Å². The molecule has 0 spiro atoms. The molecule has 2 rings (SSSR count). The van der Waals surface area contributed by atoms with Crippen molar-refractivity contribution in [1.29, 1.82) is 0 Å². The maximum absolute atomic E-state index is 11.4. The minimum Gasteiger partial charge on any atom is -0.508 e. The summed E-state index contributed by atoms with van der Waals surface area (Å²) in [5.41, 5.74) is 3.30. The van der Waals surface area contributed by atoms with E-state index in [1.807, 2.05) is 30.3 Å². The van der Waals surface area contributed by atoms with E-state index in [-0.39, 0.29) is 23.7 Å². The highest BCUT2D eigenvalue weighted by Crippen LogP contribution is 2.19. The molecule has 0 atom stereocenters.